The first-order valence-electron chi connectivity index (χ1n) is 14.0. The molecule has 0 radical (unpaired) electrons. The molecule has 7 nitrogen and oxygen atoms in total. The van der Waals surface area contributed by atoms with Gasteiger partial charge in [0.25, 0.3) is 0 Å². The Morgan fingerprint density at radius 1 is 1.03 bits per heavy atom. The lowest BCUT2D eigenvalue weighted by atomic mass is 9.95. The molecule has 3 aromatic rings. The van der Waals surface area contributed by atoms with E-state index in [9.17, 15) is 14.4 Å². The Labute approximate surface area is 230 Å². The molecule has 5 rings (SSSR count). The number of rotatable bonds is 5. The minimum Gasteiger partial charge on any atom is -0.456 e. The number of esters is 1. The predicted octanol–water partition coefficient (Wildman–Crippen LogP) is 5.18. The first-order chi connectivity index (χ1) is 18.5. The van der Waals surface area contributed by atoms with Crippen LogP contribution in [0, 0.1) is 5.92 Å². The van der Waals surface area contributed by atoms with E-state index in [0.717, 1.165) is 29.6 Å². The number of fused-ring (bicyclic) bond motifs is 4. The summed E-state index contributed by atoms with van der Waals surface area (Å²) >= 11 is 0. The van der Waals surface area contributed by atoms with Crippen LogP contribution < -0.4 is 0 Å². The van der Waals surface area contributed by atoms with E-state index in [1.807, 2.05) is 56.0 Å². The number of hydrogen-bond donors (Lipinski definition) is 0. The molecule has 0 bridgehead atoms. The van der Waals surface area contributed by atoms with Crippen LogP contribution in [0.15, 0.2) is 48.5 Å². The van der Waals surface area contributed by atoms with Crippen molar-refractivity contribution in [3.05, 3.63) is 70.9 Å². The van der Waals surface area contributed by atoms with E-state index in [-0.39, 0.29) is 24.3 Å². The van der Waals surface area contributed by atoms with Crippen molar-refractivity contribution in [2.45, 2.75) is 78.6 Å². The van der Waals surface area contributed by atoms with Crippen LogP contribution in [0.4, 0.5) is 0 Å². The standard InChI is InChI=1S/C32H39N3O4/c1-21(2)17-33-20-29(36)35-19-28-25(10-8-12-27(35)30(33)37)24-9-6-7-11-26(24)34(28)18-22-13-15-23(16-14-22)31(38)39-32(3,4)5/h6-7,9,11,13-16,21,27H,8,10,12,17-20H2,1-5H3. The first kappa shape index (κ1) is 27.0. The van der Waals surface area contributed by atoms with Gasteiger partial charge in [0.1, 0.15) is 11.6 Å². The summed E-state index contributed by atoms with van der Waals surface area (Å²) in [7, 11) is 0. The summed E-state index contributed by atoms with van der Waals surface area (Å²) in [4.78, 5) is 42.9. The Kier molecular flexibility index (Phi) is 7.27. The summed E-state index contributed by atoms with van der Waals surface area (Å²) in [6.07, 6.45) is 2.40. The Hall–Kier alpha value is -3.61. The number of aromatic nitrogens is 1. The van der Waals surface area contributed by atoms with Gasteiger partial charge in [0.2, 0.25) is 11.8 Å². The van der Waals surface area contributed by atoms with Crippen LogP contribution in [0.3, 0.4) is 0 Å². The lowest BCUT2D eigenvalue weighted by molar-refractivity contribution is -0.157. The van der Waals surface area contributed by atoms with Crippen molar-refractivity contribution in [3.8, 4) is 0 Å². The number of ether oxygens (including phenoxy) is 1. The van der Waals surface area contributed by atoms with Gasteiger partial charge < -0.3 is 19.1 Å². The van der Waals surface area contributed by atoms with Crippen LogP contribution in [0.25, 0.3) is 10.9 Å². The average Bonchev–Trinajstić information content (AvgIpc) is 3.12. The number of para-hydroxylation sites is 1. The van der Waals surface area contributed by atoms with Gasteiger partial charge >= 0.3 is 5.97 Å². The van der Waals surface area contributed by atoms with Gasteiger partial charge in [0, 0.05) is 29.7 Å². The third-order valence-electron chi connectivity index (χ3n) is 7.55. The lowest BCUT2D eigenvalue weighted by Crippen LogP contribution is -2.60. The van der Waals surface area contributed by atoms with E-state index in [0.29, 0.717) is 37.5 Å². The number of carbonyl (C=O) groups is 3. The van der Waals surface area contributed by atoms with Gasteiger partial charge in [-0.1, -0.05) is 44.2 Å². The number of nitrogens with zero attached hydrogens (tertiary/aromatic N) is 3. The lowest BCUT2D eigenvalue weighted by Gasteiger charge is -2.42. The summed E-state index contributed by atoms with van der Waals surface area (Å²) < 4.78 is 7.80. The molecule has 2 aliphatic rings. The van der Waals surface area contributed by atoms with E-state index >= 15 is 0 Å². The van der Waals surface area contributed by atoms with E-state index in [1.54, 1.807) is 4.90 Å². The average molecular weight is 530 g/mol. The third kappa shape index (κ3) is 5.58. The summed E-state index contributed by atoms with van der Waals surface area (Å²) in [6, 6.07) is 15.5. The minimum atomic E-state index is -0.549. The maximum absolute atomic E-state index is 13.4. The van der Waals surface area contributed by atoms with Crippen LogP contribution in [0.1, 0.15) is 74.6 Å². The van der Waals surface area contributed by atoms with Gasteiger partial charge in [-0.25, -0.2) is 4.79 Å². The molecule has 0 saturated carbocycles. The molecule has 0 spiro atoms. The summed E-state index contributed by atoms with van der Waals surface area (Å²) in [6.45, 7) is 11.5. The third-order valence-corrected chi connectivity index (χ3v) is 7.55. The highest BCUT2D eigenvalue weighted by Crippen LogP contribution is 2.34. The normalized spacial score (nSPS) is 18.2. The van der Waals surface area contributed by atoms with Crippen molar-refractivity contribution >= 4 is 28.7 Å². The molecule has 2 aliphatic heterocycles. The van der Waals surface area contributed by atoms with Gasteiger partial charge in [-0.3, -0.25) is 9.59 Å². The smallest absolute Gasteiger partial charge is 0.338 e. The predicted molar refractivity (Wildman–Crippen MR) is 151 cm³/mol. The molecule has 39 heavy (non-hydrogen) atoms. The fourth-order valence-electron chi connectivity index (χ4n) is 5.89. The molecule has 3 heterocycles. The Balaban J connectivity index is 1.48. The van der Waals surface area contributed by atoms with Crippen LogP contribution in [0.5, 0.6) is 0 Å². The summed E-state index contributed by atoms with van der Waals surface area (Å²) in [5.41, 5.74) is 4.50. The van der Waals surface area contributed by atoms with Crippen molar-refractivity contribution in [2.75, 3.05) is 13.1 Å². The zero-order valence-corrected chi connectivity index (χ0v) is 23.7. The summed E-state index contributed by atoms with van der Waals surface area (Å²) in [5, 5.41) is 1.20. The van der Waals surface area contributed by atoms with Crippen LogP contribution in [-0.2, 0) is 33.8 Å². The summed E-state index contributed by atoms with van der Waals surface area (Å²) in [5.74, 6) is 0.0767. The molecule has 1 saturated heterocycles. The van der Waals surface area contributed by atoms with Crippen LogP contribution >= 0.6 is 0 Å². The van der Waals surface area contributed by atoms with E-state index in [4.69, 9.17) is 4.74 Å². The molecule has 2 aromatic carbocycles. The maximum atomic E-state index is 13.4. The SMILES string of the molecule is CC(C)CN1CC(=O)N2Cc3c(c4ccccc4n3Cc3ccc(C(=O)OC(C)(C)C)cc3)CCCC2C1=O. The second-order valence-corrected chi connectivity index (χ2v) is 12.3. The van der Waals surface area contributed by atoms with Gasteiger partial charge in [-0.05, 0) is 75.3 Å². The van der Waals surface area contributed by atoms with Crippen molar-refractivity contribution in [2.24, 2.45) is 5.92 Å². The molecule has 2 amide bonds. The zero-order valence-electron chi connectivity index (χ0n) is 23.7. The first-order valence-corrected chi connectivity index (χ1v) is 14.0. The number of hydrogen-bond acceptors (Lipinski definition) is 4. The van der Waals surface area contributed by atoms with Crippen molar-refractivity contribution < 1.29 is 19.1 Å². The largest absolute Gasteiger partial charge is 0.456 e. The van der Waals surface area contributed by atoms with Gasteiger partial charge in [-0.2, -0.15) is 0 Å². The molecule has 1 unspecified atom stereocenters. The quantitative estimate of drug-likeness (QED) is 0.427. The highest BCUT2D eigenvalue weighted by atomic mass is 16.6. The molecule has 206 valence electrons. The molecule has 1 atom stereocenters. The topological polar surface area (TPSA) is 71.8 Å². The number of amides is 2. The monoisotopic (exact) mass is 529 g/mol. The number of carbonyl (C=O) groups excluding carboxylic acids is 3. The number of aryl methyl sites for hydroxylation is 1. The van der Waals surface area contributed by atoms with Crippen LogP contribution in [-0.4, -0.2) is 56.9 Å². The Morgan fingerprint density at radius 2 is 1.74 bits per heavy atom. The second-order valence-electron chi connectivity index (χ2n) is 12.3. The van der Waals surface area contributed by atoms with Crippen molar-refractivity contribution in [3.63, 3.8) is 0 Å². The van der Waals surface area contributed by atoms with Crippen LogP contribution in [0.2, 0.25) is 0 Å². The van der Waals surface area contributed by atoms with E-state index in [1.165, 1.54) is 10.9 Å². The molecular formula is C32H39N3O4. The van der Waals surface area contributed by atoms with Crippen molar-refractivity contribution in [1.29, 1.82) is 0 Å². The molecule has 1 fully saturated rings. The Morgan fingerprint density at radius 3 is 2.44 bits per heavy atom. The van der Waals surface area contributed by atoms with Gasteiger partial charge in [-0.15, -0.1) is 0 Å². The molecule has 0 aliphatic carbocycles. The molecule has 7 heteroatoms. The highest BCUT2D eigenvalue weighted by Gasteiger charge is 2.40. The van der Waals surface area contributed by atoms with Gasteiger partial charge in [0.15, 0.2) is 0 Å². The van der Waals surface area contributed by atoms with E-state index in [2.05, 4.69) is 36.6 Å². The Bertz CT molecular complexity index is 1400. The molecular weight excluding hydrogens is 490 g/mol. The van der Waals surface area contributed by atoms with Crippen molar-refractivity contribution in [1.82, 2.24) is 14.4 Å². The van der Waals surface area contributed by atoms with E-state index < -0.39 is 11.6 Å². The fourth-order valence-corrected chi connectivity index (χ4v) is 5.89. The number of benzene rings is 2. The zero-order chi connectivity index (χ0) is 27.9. The highest BCUT2D eigenvalue weighted by molar-refractivity contribution is 5.95. The minimum absolute atomic E-state index is 0.0200. The maximum Gasteiger partial charge on any atom is 0.338 e. The van der Waals surface area contributed by atoms with Gasteiger partial charge in [0.05, 0.1) is 18.7 Å². The fraction of sp³-hybridized carbons (Fsp3) is 0.469. The second kappa shape index (κ2) is 10.5. The molecule has 0 N–H and O–H groups in total. The molecule has 1 aromatic heterocycles. The number of piperazine rings is 1.